The van der Waals surface area contributed by atoms with Gasteiger partial charge in [-0.25, -0.2) is 0 Å². The molecule has 0 unspecified atom stereocenters. The first-order valence-corrected chi connectivity index (χ1v) is 4.83. The van der Waals surface area contributed by atoms with Crippen molar-refractivity contribution >= 4 is 18.8 Å². The average molecular weight is 216 g/mol. The third-order valence-corrected chi connectivity index (χ3v) is 2.48. The molecule has 0 aliphatic carbocycles. The number of nitrogens with zero attached hydrogens (tertiary/aromatic N) is 4. The van der Waals surface area contributed by atoms with Gasteiger partial charge >= 0.3 is 79.5 Å². The molecular formula is C7H6GaN4. The first-order valence-electron chi connectivity index (χ1n) is 3.50. The van der Waals surface area contributed by atoms with Crippen LogP contribution in [0.4, 0.5) is 0 Å². The molecule has 0 amide bonds. The van der Waals surface area contributed by atoms with E-state index < -0.39 is 0 Å². The molecule has 2 aromatic rings. The fourth-order valence-electron chi connectivity index (χ4n) is 0.948. The number of rotatable bonds is 1. The Kier molecular flexibility index (Phi) is 1.97. The average Bonchev–Trinajstić information content (AvgIpc) is 2.53. The SMILES string of the molecule is [GaH][n]1cnnc1-c1ccccn1. The summed E-state index contributed by atoms with van der Waals surface area (Å²) in [5.74, 6) is 0.843. The molecule has 0 N–H and O–H groups in total. The zero-order valence-electron chi connectivity index (χ0n) is 6.38. The van der Waals surface area contributed by atoms with Crippen molar-refractivity contribution in [2.45, 2.75) is 0 Å². The molecule has 1 radical (unpaired) electrons. The van der Waals surface area contributed by atoms with Gasteiger partial charge in [0.15, 0.2) is 0 Å². The molecule has 0 bridgehead atoms. The normalized spacial score (nSPS) is 10.0. The third kappa shape index (κ3) is 1.28. The molecule has 2 rings (SSSR count). The van der Waals surface area contributed by atoms with Crippen molar-refractivity contribution in [3.63, 3.8) is 0 Å². The van der Waals surface area contributed by atoms with Crippen molar-refractivity contribution < 1.29 is 0 Å². The summed E-state index contributed by atoms with van der Waals surface area (Å²) in [7, 11) is 0. The maximum absolute atomic E-state index is 4.18. The Bertz CT molecular complexity index is 370. The van der Waals surface area contributed by atoms with Gasteiger partial charge in [0.25, 0.3) is 0 Å². The van der Waals surface area contributed by atoms with Crippen LogP contribution in [0, 0.1) is 0 Å². The first-order chi connectivity index (χ1) is 5.88. The zero-order valence-corrected chi connectivity index (χ0v) is 9.35. The standard InChI is InChI=1S/C7H5N4.Ga.H/c1-2-4-8-6(3-1)7-9-5-10-11-7;;/h1-5H;;/q-1;+1;. The fraction of sp³-hybridized carbons (Fsp3) is 0. The molecule has 0 fully saturated rings. The Morgan fingerprint density at radius 3 is 2.83 bits per heavy atom. The summed E-state index contributed by atoms with van der Waals surface area (Å²) in [6.45, 7) is 0. The Morgan fingerprint density at radius 1 is 1.33 bits per heavy atom. The van der Waals surface area contributed by atoms with Crippen LogP contribution in [-0.4, -0.2) is 37.3 Å². The Hall–Kier alpha value is -1.07. The summed E-state index contributed by atoms with van der Waals surface area (Å²) in [6.07, 6.45) is 3.47. The second-order valence-corrected chi connectivity index (χ2v) is 3.77. The number of hydrogen-bond acceptors (Lipinski definition) is 3. The van der Waals surface area contributed by atoms with E-state index in [4.69, 9.17) is 0 Å². The second-order valence-electron chi connectivity index (χ2n) is 2.34. The van der Waals surface area contributed by atoms with Crippen LogP contribution in [0.3, 0.4) is 0 Å². The van der Waals surface area contributed by atoms with Gasteiger partial charge in [-0.05, 0) is 0 Å². The van der Waals surface area contributed by atoms with E-state index in [-0.39, 0.29) is 0 Å². The van der Waals surface area contributed by atoms with Crippen molar-refractivity contribution in [1.29, 1.82) is 0 Å². The van der Waals surface area contributed by atoms with Gasteiger partial charge in [0.2, 0.25) is 0 Å². The van der Waals surface area contributed by atoms with E-state index in [0.717, 1.165) is 30.4 Å². The monoisotopic (exact) mass is 215 g/mol. The minimum absolute atomic E-state index is 0.843. The molecule has 0 saturated carbocycles. The summed E-state index contributed by atoms with van der Waals surface area (Å²) in [6, 6.07) is 5.75. The number of hydrogen-bond donors (Lipinski definition) is 0. The molecule has 57 valence electrons. The first kappa shape index (κ1) is 7.57. The molecule has 0 saturated heterocycles. The summed E-state index contributed by atoms with van der Waals surface area (Å²) in [4.78, 5) is 4.18. The zero-order chi connectivity index (χ0) is 8.39. The van der Waals surface area contributed by atoms with E-state index in [1.807, 2.05) is 21.5 Å². The van der Waals surface area contributed by atoms with Crippen molar-refractivity contribution in [1.82, 2.24) is 18.5 Å². The van der Waals surface area contributed by atoms with Crippen LogP contribution in [0.15, 0.2) is 30.7 Å². The van der Waals surface area contributed by atoms with Crippen LogP contribution in [0.1, 0.15) is 0 Å². The van der Waals surface area contributed by atoms with Crippen molar-refractivity contribution in [3.8, 4) is 11.5 Å². The predicted octanol–water partition coefficient (Wildman–Crippen LogP) is 0.00400. The van der Waals surface area contributed by atoms with Crippen LogP contribution >= 0.6 is 0 Å². The van der Waals surface area contributed by atoms with Crippen molar-refractivity contribution in [2.24, 2.45) is 0 Å². The van der Waals surface area contributed by atoms with Crippen LogP contribution in [-0.2, 0) is 0 Å². The van der Waals surface area contributed by atoms with E-state index in [9.17, 15) is 0 Å². The van der Waals surface area contributed by atoms with Gasteiger partial charge < -0.3 is 0 Å². The topological polar surface area (TPSA) is 43.6 Å². The van der Waals surface area contributed by atoms with Crippen LogP contribution in [0.25, 0.3) is 11.5 Å². The minimum atomic E-state index is 0.843. The Morgan fingerprint density at radius 2 is 2.25 bits per heavy atom. The summed E-state index contributed by atoms with van der Waals surface area (Å²) >= 11 is 0.985. The van der Waals surface area contributed by atoms with E-state index in [2.05, 4.69) is 15.2 Å². The van der Waals surface area contributed by atoms with Gasteiger partial charge in [-0.3, -0.25) is 0 Å². The number of pyridine rings is 1. The van der Waals surface area contributed by atoms with Crippen LogP contribution < -0.4 is 0 Å². The molecule has 2 aromatic heterocycles. The van der Waals surface area contributed by atoms with E-state index in [1.165, 1.54) is 0 Å². The molecular weight excluding hydrogens is 210 g/mol. The molecule has 4 nitrogen and oxygen atoms in total. The number of aromatic nitrogens is 4. The molecule has 0 atom stereocenters. The van der Waals surface area contributed by atoms with Crippen LogP contribution in [0.5, 0.6) is 0 Å². The van der Waals surface area contributed by atoms with Gasteiger partial charge in [-0.1, -0.05) is 0 Å². The van der Waals surface area contributed by atoms with E-state index in [0.29, 0.717) is 0 Å². The van der Waals surface area contributed by atoms with Crippen molar-refractivity contribution in [3.05, 3.63) is 30.7 Å². The maximum atomic E-state index is 4.18. The molecule has 5 heteroatoms. The predicted molar refractivity (Wildman–Crippen MR) is 45.8 cm³/mol. The van der Waals surface area contributed by atoms with Gasteiger partial charge in [-0.2, -0.15) is 0 Å². The summed E-state index contributed by atoms with van der Waals surface area (Å²) in [5, 5.41) is 7.77. The van der Waals surface area contributed by atoms with Gasteiger partial charge in [0, 0.05) is 0 Å². The van der Waals surface area contributed by atoms with Crippen LogP contribution in [0.2, 0.25) is 0 Å². The summed E-state index contributed by atoms with van der Waals surface area (Å²) < 4.78 is 1.96. The van der Waals surface area contributed by atoms with E-state index in [1.54, 1.807) is 12.5 Å². The summed E-state index contributed by atoms with van der Waals surface area (Å²) in [5.41, 5.74) is 0.876. The molecule has 2 heterocycles. The Balaban J connectivity index is 2.51. The van der Waals surface area contributed by atoms with Gasteiger partial charge in [0.1, 0.15) is 0 Å². The molecule has 0 aromatic carbocycles. The van der Waals surface area contributed by atoms with Crippen molar-refractivity contribution in [2.75, 3.05) is 0 Å². The quantitative estimate of drug-likeness (QED) is 0.630. The molecule has 0 spiro atoms. The second kappa shape index (κ2) is 3.12. The van der Waals surface area contributed by atoms with Gasteiger partial charge in [-0.15, -0.1) is 0 Å². The van der Waals surface area contributed by atoms with E-state index >= 15 is 0 Å². The van der Waals surface area contributed by atoms with Gasteiger partial charge in [0.05, 0.1) is 0 Å². The Labute approximate surface area is 79.8 Å². The fourth-order valence-corrected chi connectivity index (χ4v) is 1.57. The third-order valence-electron chi connectivity index (χ3n) is 1.51. The molecule has 12 heavy (non-hydrogen) atoms. The molecule has 0 aliphatic rings. The molecule has 0 aliphatic heterocycles.